The Hall–Kier alpha value is -1.50. The smallest absolute Gasteiger partial charge is 0.243 e. The number of aromatic nitrogens is 1. The lowest BCUT2D eigenvalue weighted by atomic mass is 10.1. The molecule has 1 aliphatic rings. The molecule has 20 heavy (non-hydrogen) atoms. The van der Waals surface area contributed by atoms with Crippen LogP contribution in [0.3, 0.4) is 0 Å². The van der Waals surface area contributed by atoms with E-state index in [0.29, 0.717) is 29.8 Å². The second-order valence-electron chi connectivity index (χ2n) is 5.22. The van der Waals surface area contributed by atoms with Crippen molar-refractivity contribution in [2.24, 2.45) is 5.73 Å². The van der Waals surface area contributed by atoms with Crippen molar-refractivity contribution in [3.63, 3.8) is 0 Å². The third kappa shape index (κ3) is 2.09. The minimum Gasteiger partial charge on any atom is -0.326 e. The van der Waals surface area contributed by atoms with Gasteiger partial charge in [-0.3, -0.25) is 4.98 Å². The lowest BCUT2D eigenvalue weighted by molar-refractivity contribution is 0.473. The second-order valence-corrected chi connectivity index (χ2v) is 7.13. The lowest BCUT2D eigenvalue weighted by Crippen LogP contribution is -2.32. The van der Waals surface area contributed by atoms with E-state index in [2.05, 4.69) is 4.98 Å². The molecule has 1 aromatic heterocycles. The van der Waals surface area contributed by atoms with Crippen LogP contribution in [0.2, 0.25) is 0 Å². The van der Waals surface area contributed by atoms with Crippen molar-refractivity contribution < 1.29 is 8.42 Å². The Kier molecular flexibility index (Phi) is 3.24. The summed E-state index contributed by atoms with van der Waals surface area (Å²) in [6.45, 7) is 2.80. The molecule has 0 bridgehead atoms. The highest BCUT2D eigenvalue weighted by atomic mass is 32.2. The van der Waals surface area contributed by atoms with Gasteiger partial charge in [-0.05, 0) is 30.4 Å². The first-order valence-corrected chi connectivity index (χ1v) is 8.03. The Labute approximate surface area is 118 Å². The Bertz CT molecular complexity index is 758. The quantitative estimate of drug-likeness (QED) is 0.904. The number of fused-ring (bicyclic) bond motifs is 1. The van der Waals surface area contributed by atoms with Gasteiger partial charge in [0, 0.05) is 36.9 Å². The van der Waals surface area contributed by atoms with Crippen molar-refractivity contribution >= 4 is 20.8 Å². The summed E-state index contributed by atoms with van der Waals surface area (Å²) in [5, 5.41) is 1.59. The van der Waals surface area contributed by atoms with Crippen LogP contribution in [0, 0.1) is 6.92 Å². The normalized spacial score (nSPS) is 20.6. The number of aryl methyl sites for hydroxylation is 1. The standard InChI is InChI=1S/C14H17N3O2S/c1-10-7-16-8-13-12(10)3-2-4-14(13)20(18,19)17-6-5-11(15)9-17/h2-4,7-8,11H,5-6,9,15H2,1H3/t11-/m0/s1. The number of nitrogens with two attached hydrogens (primary N) is 1. The van der Waals surface area contributed by atoms with Gasteiger partial charge in [-0.1, -0.05) is 12.1 Å². The van der Waals surface area contributed by atoms with E-state index < -0.39 is 10.0 Å². The molecule has 1 aromatic carbocycles. The molecule has 1 atom stereocenters. The summed E-state index contributed by atoms with van der Waals surface area (Å²) in [5.74, 6) is 0. The Morgan fingerprint density at radius 2 is 2.10 bits per heavy atom. The van der Waals surface area contributed by atoms with Gasteiger partial charge in [-0.25, -0.2) is 8.42 Å². The third-order valence-electron chi connectivity index (χ3n) is 3.77. The number of sulfonamides is 1. The predicted octanol–water partition coefficient (Wildman–Crippen LogP) is 1.26. The van der Waals surface area contributed by atoms with Crippen LogP contribution in [0.4, 0.5) is 0 Å². The second kappa shape index (κ2) is 4.80. The van der Waals surface area contributed by atoms with Gasteiger partial charge in [0.05, 0.1) is 4.90 Å². The van der Waals surface area contributed by atoms with Crippen molar-refractivity contribution in [1.82, 2.24) is 9.29 Å². The Balaban J connectivity index is 2.17. The van der Waals surface area contributed by atoms with Gasteiger partial charge in [0.1, 0.15) is 0 Å². The number of nitrogens with zero attached hydrogens (tertiary/aromatic N) is 2. The van der Waals surface area contributed by atoms with Crippen LogP contribution >= 0.6 is 0 Å². The van der Waals surface area contributed by atoms with E-state index >= 15 is 0 Å². The molecule has 5 nitrogen and oxygen atoms in total. The maximum absolute atomic E-state index is 12.7. The summed E-state index contributed by atoms with van der Waals surface area (Å²) < 4.78 is 27.0. The first kappa shape index (κ1) is 13.5. The molecular weight excluding hydrogens is 274 g/mol. The van der Waals surface area contributed by atoms with E-state index in [1.54, 1.807) is 24.5 Å². The number of benzene rings is 1. The molecule has 0 unspecified atom stereocenters. The zero-order chi connectivity index (χ0) is 14.3. The molecule has 1 fully saturated rings. The topological polar surface area (TPSA) is 76.3 Å². The summed E-state index contributed by atoms with van der Waals surface area (Å²) in [5.41, 5.74) is 6.79. The zero-order valence-corrected chi connectivity index (χ0v) is 12.1. The van der Waals surface area contributed by atoms with Gasteiger partial charge < -0.3 is 5.73 Å². The highest BCUT2D eigenvalue weighted by Gasteiger charge is 2.32. The largest absolute Gasteiger partial charge is 0.326 e. The van der Waals surface area contributed by atoms with Crippen molar-refractivity contribution in [3.05, 3.63) is 36.2 Å². The lowest BCUT2D eigenvalue weighted by Gasteiger charge is -2.17. The maximum atomic E-state index is 12.7. The van der Waals surface area contributed by atoms with Gasteiger partial charge >= 0.3 is 0 Å². The molecule has 2 heterocycles. The van der Waals surface area contributed by atoms with E-state index in [9.17, 15) is 8.42 Å². The van der Waals surface area contributed by atoms with E-state index in [4.69, 9.17) is 5.73 Å². The number of hydrogen-bond donors (Lipinski definition) is 1. The molecule has 2 aromatic rings. The van der Waals surface area contributed by atoms with Crippen molar-refractivity contribution in [2.45, 2.75) is 24.3 Å². The average Bonchev–Trinajstić information content (AvgIpc) is 2.86. The van der Waals surface area contributed by atoms with Crippen LogP contribution < -0.4 is 5.73 Å². The minimum atomic E-state index is -3.50. The fourth-order valence-electron chi connectivity index (χ4n) is 2.65. The molecule has 0 aliphatic carbocycles. The molecule has 0 spiro atoms. The molecule has 2 N–H and O–H groups in total. The highest BCUT2D eigenvalue weighted by Crippen LogP contribution is 2.28. The predicted molar refractivity (Wildman–Crippen MR) is 77.8 cm³/mol. The third-order valence-corrected chi connectivity index (χ3v) is 5.69. The molecule has 106 valence electrons. The summed E-state index contributed by atoms with van der Waals surface area (Å²) in [4.78, 5) is 4.44. The summed E-state index contributed by atoms with van der Waals surface area (Å²) in [6.07, 6.45) is 4.07. The van der Waals surface area contributed by atoms with Crippen LogP contribution in [-0.2, 0) is 10.0 Å². The summed E-state index contributed by atoms with van der Waals surface area (Å²) in [6, 6.07) is 5.27. The van der Waals surface area contributed by atoms with Gasteiger partial charge in [-0.15, -0.1) is 0 Å². The monoisotopic (exact) mass is 291 g/mol. The Morgan fingerprint density at radius 3 is 2.80 bits per heavy atom. The van der Waals surface area contributed by atoms with Gasteiger partial charge in [0.2, 0.25) is 10.0 Å². The maximum Gasteiger partial charge on any atom is 0.243 e. The molecule has 3 rings (SSSR count). The summed E-state index contributed by atoms with van der Waals surface area (Å²) in [7, 11) is -3.50. The van der Waals surface area contributed by atoms with E-state index in [-0.39, 0.29) is 6.04 Å². The molecule has 1 saturated heterocycles. The Morgan fingerprint density at radius 1 is 1.30 bits per heavy atom. The number of pyridine rings is 1. The van der Waals surface area contributed by atoms with Crippen LogP contribution in [-0.4, -0.2) is 36.8 Å². The SMILES string of the molecule is Cc1cncc2c(S(=O)(=O)N3CC[C@H](N)C3)cccc12. The van der Waals surface area contributed by atoms with E-state index in [0.717, 1.165) is 10.9 Å². The average molecular weight is 291 g/mol. The zero-order valence-electron chi connectivity index (χ0n) is 11.3. The minimum absolute atomic E-state index is 0.0698. The van der Waals surface area contributed by atoms with E-state index in [1.807, 2.05) is 13.0 Å². The number of hydrogen-bond acceptors (Lipinski definition) is 4. The number of rotatable bonds is 2. The van der Waals surface area contributed by atoms with Crippen molar-refractivity contribution in [2.75, 3.05) is 13.1 Å². The van der Waals surface area contributed by atoms with Gasteiger partial charge in [-0.2, -0.15) is 4.31 Å². The van der Waals surface area contributed by atoms with Crippen molar-refractivity contribution in [1.29, 1.82) is 0 Å². The fourth-order valence-corrected chi connectivity index (χ4v) is 4.35. The molecule has 6 heteroatoms. The van der Waals surface area contributed by atoms with Crippen LogP contribution in [0.1, 0.15) is 12.0 Å². The molecule has 0 radical (unpaired) electrons. The van der Waals surface area contributed by atoms with Crippen LogP contribution in [0.25, 0.3) is 10.8 Å². The molecule has 1 aliphatic heterocycles. The van der Waals surface area contributed by atoms with Gasteiger partial charge in [0.15, 0.2) is 0 Å². The van der Waals surface area contributed by atoms with Crippen molar-refractivity contribution in [3.8, 4) is 0 Å². The van der Waals surface area contributed by atoms with Crippen LogP contribution in [0.5, 0.6) is 0 Å². The van der Waals surface area contributed by atoms with Gasteiger partial charge in [0.25, 0.3) is 0 Å². The molecular formula is C14H17N3O2S. The van der Waals surface area contributed by atoms with Crippen LogP contribution in [0.15, 0.2) is 35.5 Å². The van der Waals surface area contributed by atoms with E-state index in [1.165, 1.54) is 4.31 Å². The molecule has 0 saturated carbocycles. The first-order chi connectivity index (χ1) is 9.50. The first-order valence-electron chi connectivity index (χ1n) is 6.59. The fraction of sp³-hybridized carbons (Fsp3) is 0.357. The highest BCUT2D eigenvalue weighted by molar-refractivity contribution is 7.89. The molecule has 0 amide bonds. The summed E-state index contributed by atoms with van der Waals surface area (Å²) >= 11 is 0.